The van der Waals surface area contributed by atoms with Crippen molar-refractivity contribution < 1.29 is 4.79 Å². The molecule has 7 heteroatoms. The third kappa shape index (κ3) is 3.59. The van der Waals surface area contributed by atoms with E-state index in [9.17, 15) is 9.59 Å². The van der Waals surface area contributed by atoms with E-state index >= 15 is 0 Å². The second-order valence-corrected chi connectivity index (χ2v) is 5.71. The normalized spacial score (nSPS) is 17.7. The SMILES string of the molecule is CCn1c(=O)n(CC(=O)NC2CCCNC2)c2ccccc21.Cl. The van der Waals surface area contributed by atoms with Gasteiger partial charge in [0.25, 0.3) is 0 Å². The lowest BCUT2D eigenvalue weighted by atomic mass is 10.1. The van der Waals surface area contributed by atoms with Gasteiger partial charge in [-0.25, -0.2) is 4.79 Å². The molecule has 1 saturated heterocycles. The van der Waals surface area contributed by atoms with Crippen LogP contribution in [0.4, 0.5) is 0 Å². The van der Waals surface area contributed by atoms with Gasteiger partial charge in [-0.05, 0) is 38.4 Å². The van der Waals surface area contributed by atoms with Crippen LogP contribution in [0.5, 0.6) is 0 Å². The fourth-order valence-electron chi connectivity index (χ4n) is 3.12. The lowest BCUT2D eigenvalue weighted by Crippen LogP contribution is -2.47. The molecule has 6 nitrogen and oxygen atoms in total. The van der Waals surface area contributed by atoms with Gasteiger partial charge in [-0.2, -0.15) is 0 Å². The molecular weight excluding hydrogens is 316 g/mol. The maximum Gasteiger partial charge on any atom is 0.329 e. The molecule has 0 spiro atoms. The molecule has 1 unspecified atom stereocenters. The van der Waals surface area contributed by atoms with Crippen LogP contribution in [0.3, 0.4) is 0 Å². The van der Waals surface area contributed by atoms with Gasteiger partial charge >= 0.3 is 5.69 Å². The first-order chi connectivity index (χ1) is 10.7. The van der Waals surface area contributed by atoms with Gasteiger partial charge in [-0.1, -0.05) is 12.1 Å². The summed E-state index contributed by atoms with van der Waals surface area (Å²) in [6, 6.07) is 7.77. The summed E-state index contributed by atoms with van der Waals surface area (Å²) in [5.74, 6) is -0.102. The number of nitrogens with zero attached hydrogens (tertiary/aromatic N) is 2. The van der Waals surface area contributed by atoms with Crippen LogP contribution in [0.1, 0.15) is 19.8 Å². The number of hydrogen-bond acceptors (Lipinski definition) is 3. The van der Waals surface area contributed by atoms with Crippen molar-refractivity contribution in [1.29, 1.82) is 0 Å². The Balaban J connectivity index is 0.00000192. The Bertz CT molecular complexity index is 731. The summed E-state index contributed by atoms with van der Waals surface area (Å²) in [6.07, 6.45) is 2.06. The molecule has 1 amide bonds. The number of aromatic nitrogens is 2. The van der Waals surface area contributed by atoms with E-state index in [0.29, 0.717) is 6.54 Å². The molecule has 1 aliphatic rings. The highest BCUT2D eigenvalue weighted by Gasteiger charge is 2.18. The van der Waals surface area contributed by atoms with Gasteiger partial charge in [-0.3, -0.25) is 13.9 Å². The molecule has 2 N–H and O–H groups in total. The maximum absolute atomic E-state index is 12.5. The van der Waals surface area contributed by atoms with E-state index in [-0.39, 0.29) is 36.6 Å². The molecule has 23 heavy (non-hydrogen) atoms. The number of nitrogens with one attached hydrogen (secondary N) is 2. The quantitative estimate of drug-likeness (QED) is 0.877. The van der Waals surface area contributed by atoms with Crippen LogP contribution >= 0.6 is 12.4 Å². The van der Waals surface area contributed by atoms with Crippen LogP contribution < -0.4 is 16.3 Å². The predicted octanol–water partition coefficient (Wildman–Crippen LogP) is 1.11. The van der Waals surface area contributed by atoms with Crippen molar-refractivity contribution in [3.63, 3.8) is 0 Å². The molecule has 1 atom stereocenters. The van der Waals surface area contributed by atoms with Crippen molar-refractivity contribution in [3.8, 4) is 0 Å². The Kier molecular flexibility index (Phi) is 5.85. The first-order valence-corrected chi connectivity index (χ1v) is 7.89. The van der Waals surface area contributed by atoms with Crippen LogP contribution in [0.2, 0.25) is 0 Å². The number of benzene rings is 1. The number of para-hydroxylation sites is 2. The summed E-state index contributed by atoms with van der Waals surface area (Å²) >= 11 is 0. The highest BCUT2D eigenvalue weighted by atomic mass is 35.5. The minimum Gasteiger partial charge on any atom is -0.351 e. The first kappa shape index (κ1) is 17.6. The number of amides is 1. The second kappa shape index (κ2) is 7.66. The van der Waals surface area contributed by atoms with E-state index in [4.69, 9.17) is 0 Å². The van der Waals surface area contributed by atoms with E-state index < -0.39 is 0 Å². The lowest BCUT2D eigenvalue weighted by molar-refractivity contribution is -0.122. The summed E-state index contributed by atoms with van der Waals surface area (Å²) in [4.78, 5) is 24.7. The van der Waals surface area contributed by atoms with Crippen LogP contribution in [0.15, 0.2) is 29.1 Å². The molecule has 1 aromatic heterocycles. The van der Waals surface area contributed by atoms with Crippen LogP contribution in [0, 0.1) is 0 Å². The van der Waals surface area contributed by atoms with Gasteiger partial charge in [0.2, 0.25) is 5.91 Å². The van der Waals surface area contributed by atoms with Gasteiger partial charge in [0, 0.05) is 19.1 Å². The largest absolute Gasteiger partial charge is 0.351 e. The van der Waals surface area contributed by atoms with E-state index in [2.05, 4.69) is 10.6 Å². The molecule has 0 saturated carbocycles. The van der Waals surface area contributed by atoms with Gasteiger partial charge < -0.3 is 10.6 Å². The third-order valence-corrected chi connectivity index (χ3v) is 4.21. The molecule has 1 aliphatic heterocycles. The van der Waals surface area contributed by atoms with Gasteiger partial charge in [0.05, 0.1) is 11.0 Å². The Labute approximate surface area is 141 Å². The maximum atomic E-state index is 12.5. The predicted molar refractivity (Wildman–Crippen MR) is 93.2 cm³/mol. The number of piperidine rings is 1. The van der Waals surface area contributed by atoms with Crippen LogP contribution in [-0.2, 0) is 17.9 Å². The molecule has 0 radical (unpaired) electrons. The Hall–Kier alpha value is -1.79. The minimum atomic E-state index is -0.124. The average molecular weight is 339 g/mol. The third-order valence-electron chi connectivity index (χ3n) is 4.21. The first-order valence-electron chi connectivity index (χ1n) is 7.89. The zero-order valence-electron chi connectivity index (χ0n) is 13.2. The minimum absolute atomic E-state index is 0. The number of fused-ring (bicyclic) bond motifs is 1. The number of carbonyl (C=O) groups excluding carboxylic acids is 1. The van der Waals surface area contributed by atoms with Crippen LogP contribution in [0.25, 0.3) is 11.0 Å². The number of imidazole rings is 1. The number of hydrogen-bond donors (Lipinski definition) is 2. The Morgan fingerprint density at radius 1 is 1.30 bits per heavy atom. The molecule has 2 aromatic rings. The summed E-state index contributed by atoms with van der Waals surface area (Å²) in [6.45, 7) is 4.42. The number of halogens is 1. The van der Waals surface area contributed by atoms with E-state index in [1.807, 2.05) is 31.2 Å². The van der Waals surface area contributed by atoms with Gasteiger partial charge in [-0.15, -0.1) is 12.4 Å². The second-order valence-electron chi connectivity index (χ2n) is 5.71. The zero-order chi connectivity index (χ0) is 15.5. The summed E-state index contributed by atoms with van der Waals surface area (Å²) in [5, 5.41) is 6.29. The van der Waals surface area contributed by atoms with E-state index in [1.165, 1.54) is 0 Å². The monoisotopic (exact) mass is 338 g/mol. The molecule has 2 heterocycles. The fraction of sp³-hybridized carbons (Fsp3) is 0.500. The lowest BCUT2D eigenvalue weighted by Gasteiger charge is -2.23. The molecule has 1 fully saturated rings. The van der Waals surface area contributed by atoms with Crippen molar-refractivity contribution in [1.82, 2.24) is 19.8 Å². The smallest absolute Gasteiger partial charge is 0.329 e. The molecule has 0 bridgehead atoms. The Morgan fingerprint density at radius 2 is 2.00 bits per heavy atom. The van der Waals surface area contributed by atoms with Crippen LogP contribution in [-0.4, -0.2) is 34.2 Å². The van der Waals surface area contributed by atoms with Gasteiger partial charge in [0.15, 0.2) is 0 Å². The fourth-order valence-corrected chi connectivity index (χ4v) is 3.12. The number of aryl methyl sites for hydroxylation is 1. The number of rotatable bonds is 4. The molecule has 0 aliphatic carbocycles. The number of carbonyl (C=O) groups is 1. The topological polar surface area (TPSA) is 68.1 Å². The molecular formula is C16H23ClN4O2. The van der Waals surface area contributed by atoms with Crippen molar-refractivity contribution in [2.24, 2.45) is 0 Å². The zero-order valence-corrected chi connectivity index (χ0v) is 14.1. The highest BCUT2D eigenvalue weighted by Crippen LogP contribution is 2.12. The van der Waals surface area contributed by atoms with Gasteiger partial charge in [0.1, 0.15) is 6.54 Å². The van der Waals surface area contributed by atoms with Crippen molar-refractivity contribution in [2.75, 3.05) is 13.1 Å². The van der Waals surface area contributed by atoms with E-state index in [1.54, 1.807) is 9.13 Å². The summed E-state index contributed by atoms with van der Waals surface area (Å²) in [7, 11) is 0. The molecule has 3 rings (SSSR count). The standard InChI is InChI=1S/C16H22N4O2.ClH/c1-2-19-13-7-3-4-8-14(13)20(16(19)22)11-15(21)18-12-6-5-9-17-10-12;/h3-4,7-8,12,17H,2,5-6,9-11H2,1H3,(H,18,21);1H. The summed E-state index contributed by atoms with van der Waals surface area (Å²) in [5.41, 5.74) is 1.56. The van der Waals surface area contributed by atoms with E-state index in [0.717, 1.165) is 37.0 Å². The summed E-state index contributed by atoms with van der Waals surface area (Å²) < 4.78 is 3.26. The average Bonchev–Trinajstić information content (AvgIpc) is 2.80. The van der Waals surface area contributed by atoms with Crippen molar-refractivity contribution >= 4 is 29.3 Å². The highest BCUT2D eigenvalue weighted by molar-refractivity contribution is 5.85. The van der Waals surface area contributed by atoms with Crippen molar-refractivity contribution in [2.45, 2.75) is 38.9 Å². The molecule has 1 aromatic carbocycles. The Morgan fingerprint density at radius 3 is 2.61 bits per heavy atom. The van der Waals surface area contributed by atoms with Crippen molar-refractivity contribution in [3.05, 3.63) is 34.7 Å². The molecule has 126 valence electrons.